The SMILES string of the molecule is C[N+](C(=O)c1ccc[nH]1)=C1C(S(=O)(=O)O)=CCc2c(N)ccc(S(=O)(=O)O)c21. The van der Waals surface area contributed by atoms with E-state index >= 15 is 0 Å². The molecule has 1 aliphatic rings. The summed E-state index contributed by atoms with van der Waals surface area (Å²) >= 11 is 0. The molecule has 0 aliphatic heterocycles. The number of hydrogen-bond acceptors (Lipinski definition) is 6. The van der Waals surface area contributed by atoms with E-state index in [4.69, 9.17) is 5.73 Å². The summed E-state index contributed by atoms with van der Waals surface area (Å²) < 4.78 is 67.8. The number of nitrogens with two attached hydrogens (primary N) is 1. The predicted molar refractivity (Wildman–Crippen MR) is 99.4 cm³/mol. The normalized spacial score (nSPS) is 16.3. The van der Waals surface area contributed by atoms with Gasteiger partial charge in [0.05, 0.1) is 5.56 Å². The maximum Gasteiger partial charge on any atom is 0.436 e. The molecule has 28 heavy (non-hydrogen) atoms. The molecule has 10 nitrogen and oxygen atoms in total. The third-order valence-corrected chi connectivity index (χ3v) is 6.11. The predicted octanol–water partition coefficient (Wildman–Crippen LogP) is 0.443. The van der Waals surface area contributed by atoms with Gasteiger partial charge in [-0.15, -0.1) is 0 Å². The van der Waals surface area contributed by atoms with Gasteiger partial charge in [-0.25, -0.2) is 4.79 Å². The first-order valence-corrected chi connectivity index (χ1v) is 10.7. The largest absolute Gasteiger partial charge is 0.436 e. The van der Waals surface area contributed by atoms with Gasteiger partial charge in [0.25, 0.3) is 10.1 Å². The minimum absolute atomic E-state index is 0.0918. The molecule has 0 saturated heterocycles. The van der Waals surface area contributed by atoms with Crippen molar-refractivity contribution in [1.29, 1.82) is 0 Å². The summed E-state index contributed by atoms with van der Waals surface area (Å²) in [6.45, 7) is 0. The maximum absolute atomic E-state index is 12.8. The van der Waals surface area contributed by atoms with E-state index < -0.39 is 41.7 Å². The zero-order valence-electron chi connectivity index (χ0n) is 14.4. The highest BCUT2D eigenvalue weighted by atomic mass is 32.2. The third-order valence-electron chi connectivity index (χ3n) is 4.30. The number of amides is 1. The molecule has 1 aromatic carbocycles. The molecule has 12 heteroatoms. The van der Waals surface area contributed by atoms with Crippen LogP contribution in [0.25, 0.3) is 0 Å². The van der Waals surface area contributed by atoms with Gasteiger partial charge in [-0.3, -0.25) is 9.11 Å². The molecule has 1 amide bonds. The lowest BCUT2D eigenvalue weighted by atomic mass is 9.93. The lowest BCUT2D eigenvalue weighted by molar-refractivity contribution is -0.393. The van der Waals surface area contributed by atoms with Crippen molar-refractivity contribution < 1.29 is 35.3 Å². The Labute approximate surface area is 160 Å². The molecule has 0 bridgehead atoms. The molecule has 1 aliphatic carbocycles. The molecule has 5 N–H and O–H groups in total. The number of nitrogens with one attached hydrogen (secondary N) is 1. The standard InChI is InChI=1S/C16H15N3O7S2/c1-19(16(20)11-3-2-8-18-11)15-13(28(24,25)26)6-4-9-10(17)5-7-12(14(9)15)27(21,22)23/h2-3,5-8H,4,17H2,1H3,(H2-,18,20,21,22,23,24,25,26)/p+1. The van der Waals surface area contributed by atoms with Gasteiger partial charge in [-0.1, -0.05) is 6.08 Å². The van der Waals surface area contributed by atoms with E-state index in [1.165, 1.54) is 25.4 Å². The van der Waals surface area contributed by atoms with E-state index in [0.717, 1.165) is 16.7 Å². The summed E-state index contributed by atoms with van der Waals surface area (Å²) in [6.07, 6.45) is 2.46. The second kappa shape index (κ2) is 6.67. The van der Waals surface area contributed by atoms with E-state index in [0.29, 0.717) is 0 Å². The minimum atomic E-state index is -4.84. The van der Waals surface area contributed by atoms with Gasteiger partial charge < -0.3 is 10.7 Å². The number of nitrogens with zero attached hydrogens (tertiary/aromatic N) is 1. The highest BCUT2D eigenvalue weighted by Gasteiger charge is 2.40. The van der Waals surface area contributed by atoms with E-state index in [1.54, 1.807) is 6.07 Å². The summed E-state index contributed by atoms with van der Waals surface area (Å²) in [5.74, 6) is -0.703. The fourth-order valence-corrected chi connectivity index (χ4v) is 4.55. The number of carbonyl (C=O) groups excluding carboxylic acids is 1. The van der Waals surface area contributed by atoms with Crippen LogP contribution in [0, 0.1) is 0 Å². The second-order valence-corrected chi connectivity index (χ2v) is 8.81. The van der Waals surface area contributed by atoms with Gasteiger partial charge in [-0.2, -0.15) is 21.4 Å². The molecule has 0 radical (unpaired) electrons. The van der Waals surface area contributed by atoms with E-state index in [-0.39, 0.29) is 28.9 Å². The molecule has 1 heterocycles. The number of hydrogen-bond donors (Lipinski definition) is 4. The summed E-state index contributed by atoms with van der Waals surface area (Å²) in [6, 6.07) is 5.23. The van der Waals surface area contributed by atoms with E-state index in [9.17, 15) is 30.7 Å². The van der Waals surface area contributed by atoms with Crippen molar-refractivity contribution in [3.05, 3.63) is 58.3 Å². The quantitative estimate of drug-likeness (QED) is 0.311. The smallest absolute Gasteiger partial charge is 0.398 e. The molecular formula is C16H16N3O7S2+. The van der Waals surface area contributed by atoms with Gasteiger partial charge in [0.2, 0.25) is 5.71 Å². The minimum Gasteiger partial charge on any atom is -0.398 e. The number of rotatable bonds is 3. The highest BCUT2D eigenvalue weighted by molar-refractivity contribution is 7.91. The molecule has 0 atom stereocenters. The summed E-state index contributed by atoms with van der Waals surface area (Å²) in [5, 5.41) is 0. The first-order chi connectivity index (χ1) is 12.9. The fraction of sp³-hybridized carbons (Fsp3) is 0.125. The van der Waals surface area contributed by atoms with E-state index in [1.807, 2.05) is 0 Å². The Morgan fingerprint density at radius 3 is 2.36 bits per heavy atom. The number of benzene rings is 1. The van der Waals surface area contributed by atoms with Crippen LogP contribution < -0.4 is 5.73 Å². The van der Waals surface area contributed by atoms with Crippen molar-refractivity contribution in [2.24, 2.45) is 0 Å². The number of aromatic amines is 1. The lowest BCUT2D eigenvalue weighted by Crippen LogP contribution is -2.33. The van der Waals surface area contributed by atoms with Gasteiger partial charge in [-0.05, 0) is 36.2 Å². The van der Waals surface area contributed by atoms with Crippen LogP contribution >= 0.6 is 0 Å². The van der Waals surface area contributed by atoms with Crippen molar-refractivity contribution in [1.82, 2.24) is 4.98 Å². The van der Waals surface area contributed by atoms with Crippen molar-refractivity contribution in [2.75, 3.05) is 12.8 Å². The number of aromatic nitrogens is 1. The second-order valence-electron chi connectivity index (χ2n) is 6.03. The molecule has 148 valence electrons. The van der Waals surface area contributed by atoms with Crippen LogP contribution in [0.2, 0.25) is 0 Å². The summed E-state index contributed by atoms with van der Waals surface area (Å²) in [7, 11) is -8.43. The van der Waals surface area contributed by atoms with Crippen LogP contribution in [0.5, 0.6) is 0 Å². The van der Waals surface area contributed by atoms with Gasteiger partial charge in [0, 0.05) is 11.9 Å². The Morgan fingerprint density at radius 2 is 1.82 bits per heavy atom. The Balaban J connectivity index is 2.46. The van der Waals surface area contributed by atoms with Gasteiger partial charge in [0.15, 0.2) is 10.6 Å². The van der Waals surface area contributed by atoms with Crippen molar-refractivity contribution in [2.45, 2.75) is 11.3 Å². The number of nitrogen functional groups attached to an aromatic ring is 1. The summed E-state index contributed by atoms with van der Waals surface area (Å²) in [5.41, 5.74) is 5.64. The number of carbonyl (C=O) groups is 1. The average Bonchev–Trinajstić information content (AvgIpc) is 3.12. The monoisotopic (exact) mass is 426 g/mol. The Bertz CT molecular complexity index is 1260. The molecular weight excluding hydrogens is 410 g/mol. The maximum atomic E-state index is 12.8. The Hall–Kier alpha value is -2.80. The molecule has 0 unspecified atom stereocenters. The van der Waals surface area contributed by atoms with E-state index in [2.05, 4.69) is 4.98 Å². The molecule has 1 aromatic heterocycles. The Morgan fingerprint density at radius 1 is 1.14 bits per heavy atom. The van der Waals surface area contributed by atoms with Crippen molar-refractivity contribution >= 4 is 37.5 Å². The van der Waals surface area contributed by atoms with Gasteiger partial charge >= 0.3 is 16.0 Å². The molecule has 0 spiro atoms. The molecule has 0 fully saturated rings. The number of H-pyrrole nitrogens is 1. The third kappa shape index (κ3) is 3.38. The van der Waals surface area contributed by atoms with Crippen LogP contribution in [0.1, 0.15) is 21.6 Å². The van der Waals surface area contributed by atoms with Crippen molar-refractivity contribution in [3.8, 4) is 0 Å². The first kappa shape index (κ1) is 19.9. The molecule has 0 saturated carbocycles. The van der Waals surface area contributed by atoms with Crippen LogP contribution in [0.4, 0.5) is 5.69 Å². The number of allylic oxidation sites excluding steroid dienone is 2. The van der Waals surface area contributed by atoms with Crippen molar-refractivity contribution in [3.63, 3.8) is 0 Å². The zero-order chi connectivity index (χ0) is 20.9. The average molecular weight is 426 g/mol. The van der Waals surface area contributed by atoms with Crippen LogP contribution in [-0.4, -0.2) is 54.2 Å². The lowest BCUT2D eigenvalue weighted by Gasteiger charge is -2.19. The first-order valence-electron chi connectivity index (χ1n) is 7.78. The fourth-order valence-electron chi connectivity index (χ4n) is 3.06. The molecule has 3 rings (SSSR count). The van der Waals surface area contributed by atoms with Crippen LogP contribution in [0.15, 0.2) is 46.3 Å². The van der Waals surface area contributed by atoms with Gasteiger partial charge in [0.1, 0.15) is 11.9 Å². The Kier molecular flexibility index (Phi) is 4.75. The van der Waals surface area contributed by atoms with Crippen LogP contribution in [-0.2, 0) is 26.7 Å². The molecule has 2 aromatic rings. The highest BCUT2D eigenvalue weighted by Crippen LogP contribution is 2.33. The number of fused-ring (bicyclic) bond motifs is 1. The van der Waals surface area contributed by atoms with Crippen LogP contribution in [0.3, 0.4) is 0 Å². The summed E-state index contributed by atoms with van der Waals surface area (Å²) in [4.78, 5) is 14.1. The topological polar surface area (TPSA) is 171 Å². The number of anilines is 1. The zero-order valence-corrected chi connectivity index (χ0v) is 16.1.